The highest BCUT2D eigenvalue weighted by Gasteiger charge is 2.17. The Balaban J connectivity index is 1.79. The molecular formula is C21H19NO2. The predicted molar refractivity (Wildman–Crippen MR) is 95.2 cm³/mol. The molecule has 0 radical (unpaired) electrons. The highest BCUT2D eigenvalue weighted by molar-refractivity contribution is 5.96. The van der Waals surface area contributed by atoms with Crippen LogP contribution < -0.4 is 4.74 Å². The van der Waals surface area contributed by atoms with Crippen molar-refractivity contribution in [2.24, 2.45) is 0 Å². The molecule has 0 heterocycles. The number of para-hydroxylation sites is 2. The molecule has 3 nitrogen and oxygen atoms in total. The fourth-order valence-electron chi connectivity index (χ4n) is 2.48. The molecule has 3 rings (SSSR count). The Bertz CT molecular complexity index is 800. The molecule has 0 bridgehead atoms. The fraction of sp³-hybridized carbons (Fsp3) is 0.0952. The lowest BCUT2D eigenvalue weighted by atomic mass is 10.1. The van der Waals surface area contributed by atoms with E-state index in [0.29, 0.717) is 23.6 Å². The summed E-state index contributed by atoms with van der Waals surface area (Å²) < 4.78 is 5.88. The predicted octanol–water partition coefficient (Wildman–Crippen LogP) is 4.75. The minimum Gasteiger partial charge on any atom is -0.457 e. The zero-order valence-electron chi connectivity index (χ0n) is 13.6. The maximum Gasteiger partial charge on any atom is 0.257 e. The molecule has 0 unspecified atom stereocenters. The molecule has 3 aromatic rings. The number of hydrogen-bond acceptors (Lipinski definition) is 2. The second-order valence-electron chi connectivity index (χ2n) is 5.56. The van der Waals surface area contributed by atoms with Gasteiger partial charge in [0, 0.05) is 13.6 Å². The van der Waals surface area contributed by atoms with Crippen molar-refractivity contribution in [1.29, 1.82) is 0 Å². The molecule has 3 heteroatoms. The Hall–Kier alpha value is -3.07. The van der Waals surface area contributed by atoms with Crippen LogP contribution in [0.2, 0.25) is 0 Å². The maximum atomic E-state index is 12.8. The van der Waals surface area contributed by atoms with Crippen molar-refractivity contribution in [2.45, 2.75) is 6.54 Å². The molecule has 0 spiro atoms. The van der Waals surface area contributed by atoms with Gasteiger partial charge in [-0.1, -0.05) is 60.7 Å². The number of rotatable bonds is 5. The lowest BCUT2D eigenvalue weighted by molar-refractivity contribution is 0.0782. The van der Waals surface area contributed by atoms with E-state index >= 15 is 0 Å². The molecule has 0 saturated heterocycles. The van der Waals surface area contributed by atoms with Crippen LogP contribution in [0.4, 0.5) is 0 Å². The summed E-state index contributed by atoms with van der Waals surface area (Å²) in [5.41, 5.74) is 1.65. The number of ether oxygens (including phenoxy) is 1. The Morgan fingerprint density at radius 3 is 2.12 bits per heavy atom. The van der Waals surface area contributed by atoms with Gasteiger partial charge in [0.2, 0.25) is 0 Å². The highest BCUT2D eigenvalue weighted by Crippen LogP contribution is 2.26. The van der Waals surface area contributed by atoms with E-state index in [0.717, 1.165) is 5.56 Å². The van der Waals surface area contributed by atoms with Crippen molar-refractivity contribution < 1.29 is 9.53 Å². The van der Waals surface area contributed by atoms with E-state index in [1.807, 2.05) is 78.9 Å². The van der Waals surface area contributed by atoms with Gasteiger partial charge < -0.3 is 9.64 Å². The molecule has 3 aromatic carbocycles. The highest BCUT2D eigenvalue weighted by atomic mass is 16.5. The van der Waals surface area contributed by atoms with E-state index in [1.165, 1.54) is 0 Å². The summed E-state index contributed by atoms with van der Waals surface area (Å²) in [4.78, 5) is 14.5. The number of nitrogens with zero attached hydrogens (tertiary/aromatic N) is 1. The zero-order valence-corrected chi connectivity index (χ0v) is 13.6. The van der Waals surface area contributed by atoms with Gasteiger partial charge in [-0.25, -0.2) is 0 Å². The van der Waals surface area contributed by atoms with Gasteiger partial charge in [-0.15, -0.1) is 0 Å². The summed E-state index contributed by atoms with van der Waals surface area (Å²) >= 11 is 0. The van der Waals surface area contributed by atoms with Crippen LogP contribution in [0.3, 0.4) is 0 Å². The minimum atomic E-state index is -0.0645. The molecule has 0 aliphatic rings. The number of amides is 1. The molecule has 1 amide bonds. The van der Waals surface area contributed by atoms with Crippen LogP contribution in [0.5, 0.6) is 11.5 Å². The summed E-state index contributed by atoms with van der Waals surface area (Å²) in [6.45, 7) is 0.555. The van der Waals surface area contributed by atoms with E-state index in [-0.39, 0.29) is 5.91 Å². The number of benzene rings is 3. The zero-order chi connectivity index (χ0) is 16.8. The van der Waals surface area contributed by atoms with Gasteiger partial charge >= 0.3 is 0 Å². The Morgan fingerprint density at radius 1 is 0.833 bits per heavy atom. The van der Waals surface area contributed by atoms with E-state index in [9.17, 15) is 4.79 Å². The van der Waals surface area contributed by atoms with E-state index in [1.54, 1.807) is 18.0 Å². The summed E-state index contributed by atoms with van der Waals surface area (Å²) in [5.74, 6) is 1.21. The van der Waals surface area contributed by atoms with Crippen LogP contribution in [0.25, 0.3) is 0 Å². The molecule has 120 valence electrons. The van der Waals surface area contributed by atoms with Crippen molar-refractivity contribution in [1.82, 2.24) is 4.90 Å². The lowest BCUT2D eigenvalue weighted by Gasteiger charge is -2.19. The van der Waals surface area contributed by atoms with Gasteiger partial charge in [-0.05, 0) is 29.8 Å². The van der Waals surface area contributed by atoms with E-state index in [2.05, 4.69) is 0 Å². The standard InChI is InChI=1S/C21H19NO2/c1-22(16-17-10-4-2-5-11-17)21(23)19-14-8-9-15-20(19)24-18-12-6-3-7-13-18/h2-15H,16H2,1H3. The van der Waals surface area contributed by atoms with Crippen LogP contribution in [0, 0.1) is 0 Å². The quantitative estimate of drug-likeness (QED) is 0.679. The second kappa shape index (κ2) is 7.47. The van der Waals surface area contributed by atoms with Gasteiger partial charge in [-0.3, -0.25) is 4.79 Å². The normalized spacial score (nSPS) is 10.2. The summed E-state index contributed by atoms with van der Waals surface area (Å²) in [6.07, 6.45) is 0. The molecule has 0 aliphatic heterocycles. The Morgan fingerprint density at radius 2 is 1.42 bits per heavy atom. The van der Waals surface area contributed by atoms with Gasteiger partial charge in [0.05, 0.1) is 5.56 Å². The first-order valence-corrected chi connectivity index (χ1v) is 7.85. The second-order valence-corrected chi connectivity index (χ2v) is 5.56. The topological polar surface area (TPSA) is 29.5 Å². The Labute approximate surface area is 142 Å². The minimum absolute atomic E-state index is 0.0645. The van der Waals surface area contributed by atoms with Crippen LogP contribution in [0.1, 0.15) is 15.9 Å². The first-order chi connectivity index (χ1) is 11.7. The van der Waals surface area contributed by atoms with Crippen molar-refractivity contribution in [3.8, 4) is 11.5 Å². The fourth-order valence-corrected chi connectivity index (χ4v) is 2.48. The van der Waals surface area contributed by atoms with Gasteiger partial charge in [0.1, 0.15) is 11.5 Å². The van der Waals surface area contributed by atoms with Gasteiger partial charge in [-0.2, -0.15) is 0 Å². The molecule has 0 saturated carbocycles. The smallest absolute Gasteiger partial charge is 0.257 e. The van der Waals surface area contributed by atoms with Crippen LogP contribution in [0.15, 0.2) is 84.9 Å². The van der Waals surface area contributed by atoms with Crippen LogP contribution in [-0.4, -0.2) is 17.9 Å². The van der Waals surface area contributed by atoms with Crippen molar-refractivity contribution >= 4 is 5.91 Å². The summed E-state index contributed by atoms with van der Waals surface area (Å²) in [5, 5.41) is 0. The maximum absolute atomic E-state index is 12.8. The molecule has 0 N–H and O–H groups in total. The van der Waals surface area contributed by atoms with E-state index < -0.39 is 0 Å². The largest absolute Gasteiger partial charge is 0.457 e. The summed E-state index contributed by atoms with van der Waals surface area (Å²) in [7, 11) is 1.80. The monoisotopic (exact) mass is 317 g/mol. The molecular weight excluding hydrogens is 298 g/mol. The van der Waals surface area contributed by atoms with Crippen LogP contribution >= 0.6 is 0 Å². The average molecular weight is 317 g/mol. The third-order valence-electron chi connectivity index (χ3n) is 3.70. The number of hydrogen-bond donors (Lipinski definition) is 0. The van der Waals surface area contributed by atoms with E-state index in [4.69, 9.17) is 4.74 Å². The third kappa shape index (κ3) is 3.82. The van der Waals surface area contributed by atoms with Crippen molar-refractivity contribution in [3.63, 3.8) is 0 Å². The Kier molecular flexibility index (Phi) is 4.92. The molecule has 0 aromatic heterocycles. The SMILES string of the molecule is CN(Cc1ccccc1)C(=O)c1ccccc1Oc1ccccc1. The lowest BCUT2D eigenvalue weighted by Crippen LogP contribution is -2.26. The molecule has 24 heavy (non-hydrogen) atoms. The average Bonchev–Trinajstić information content (AvgIpc) is 2.63. The summed E-state index contributed by atoms with van der Waals surface area (Å²) in [6, 6.07) is 26.7. The third-order valence-corrected chi connectivity index (χ3v) is 3.70. The van der Waals surface area contributed by atoms with Gasteiger partial charge in [0.25, 0.3) is 5.91 Å². The van der Waals surface area contributed by atoms with Gasteiger partial charge in [0.15, 0.2) is 0 Å². The van der Waals surface area contributed by atoms with Crippen molar-refractivity contribution in [3.05, 3.63) is 96.1 Å². The molecule has 0 aliphatic carbocycles. The molecule has 0 atom stereocenters. The molecule has 0 fully saturated rings. The first-order valence-electron chi connectivity index (χ1n) is 7.85. The number of carbonyl (C=O) groups excluding carboxylic acids is 1. The van der Waals surface area contributed by atoms with Crippen LogP contribution in [-0.2, 0) is 6.54 Å². The first kappa shape index (κ1) is 15.8. The van der Waals surface area contributed by atoms with Crippen molar-refractivity contribution in [2.75, 3.05) is 7.05 Å². The number of carbonyl (C=O) groups is 1.